The van der Waals surface area contributed by atoms with Gasteiger partial charge in [0.1, 0.15) is 0 Å². The van der Waals surface area contributed by atoms with Crippen molar-refractivity contribution in [2.45, 2.75) is 25.8 Å². The summed E-state index contributed by atoms with van der Waals surface area (Å²) in [5.74, 6) is -1.41. The van der Waals surface area contributed by atoms with Crippen LogP contribution in [0.5, 0.6) is 0 Å². The Morgan fingerprint density at radius 2 is 2.37 bits per heavy atom. The number of nitrogens with zero attached hydrogens (tertiary/aromatic N) is 1. The molecule has 1 aromatic heterocycles. The van der Waals surface area contributed by atoms with E-state index in [0.29, 0.717) is 13.0 Å². The molecule has 2 rings (SSSR count). The Morgan fingerprint density at radius 3 is 2.95 bits per heavy atom. The molecule has 0 aliphatic carbocycles. The standard InChI is InChI=1S/C13H18N2O3S/c1-2-8(7-14)12(16)15-5-3-10-9(4-6-19-10)11(15)13(17)18/h4,6,8,11H,2-3,5,7,14H2,1H3,(H,17,18). The second kappa shape index (κ2) is 5.71. The van der Waals surface area contributed by atoms with Gasteiger partial charge in [-0.3, -0.25) is 4.79 Å². The third kappa shape index (κ3) is 2.50. The van der Waals surface area contributed by atoms with E-state index in [1.54, 1.807) is 11.3 Å². The van der Waals surface area contributed by atoms with Crippen molar-refractivity contribution < 1.29 is 14.7 Å². The number of carbonyl (C=O) groups excluding carboxylic acids is 1. The van der Waals surface area contributed by atoms with E-state index in [4.69, 9.17) is 5.73 Å². The third-order valence-electron chi connectivity index (χ3n) is 3.61. The fourth-order valence-electron chi connectivity index (χ4n) is 2.50. The molecule has 6 heteroatoms. The molecule has 1 aromatic rings. The lowest BCUT2D eigenvalue weighted by atomic mass is 9.96. The molecule has 1 aliphatic heterocycles. The van der Waals surface area contributed by atoms with Gasteiger partial charge in [0.05, 0.1) is 5.92 Å². The zero-order valence-corrected chi connectivity index (χ0v) is 11.7. The molecule has 0 spiro atoms. The van der Waals surface area contributed by atoms with Crippen LogP contribution in [0.3, 0.4) is 0 Å². The van der Waals surface area contributed by atoms with E-state index in [2.05, 4.69) is 0 Å². The van der Waals surface area contributed by atoms with Crippen molar-refractivity contribution >= 4 is 23.2 Å². The van der Waals surface area contributed by atoms with Gasteiger partial charge < -0.3 is 15.7 Å². The maximum absolute atomic E-state index is 12.4. The first-order valence-electron chi connectivity index (χ1n) is 6.39. The Bertz CT molecular complexity index is 482. The highest BCUT2D eigenvalue weighted by molar-refractivity contribution is 7.10. The zero-order valence-electron chi connectivity index (χ0n) is 10.8. The molecule has 3 N–H and O–H groups in total. The van der Waals surface area contributed by atoms with Crippen LogP contribution in [-0.2, 0) is 16.0 Å². The van der Waals surface area contributed by atoms with Crippen LogP contribution in [0, 0.1) is 5.92 Å². The summed E-state index contributed by atoms with van der Waals surface area (Å²) < 4.78 is 0. The molecule has 0 saturated carbocycles. The van der Waals surface area contributed by atoms with Gasteiger partial charge in [-0.15, -0.1) is 11.3 Å². The van der Waals surface area contributed by atoms with Crippen molar-refractivity contribution in [3.63, 3.8) is 0 Å². The number of hydrogen-bond donors (Lipinski definition) is 2. The van der Waals surface area contributed by atoms with Gasteiger partial charge in [0.2, 0.25) is 5.91 Å². The normalized spacial score (nSPS) is 19.9. The summed E-state index contributed by atoms with van der Waals surface area (Å²) in [5.41, 5.74) is 6.35. The largest absolute Gasteiger partial charge is 0.479 e. The Balaban J connectivity index is 2.31. The molecule has 19 heavy (non-hydrogen) atoms. The van der Waals surface area contributed by atoms with Crippen molar-refractivity contribution in [3.8, 4) is 0 Å². The highest BCUT2D eigenvalue weighted by Crippen LogP contribution is 2.34. The van der Waals surface area contributed by atoms with Crippen molar-refractivity contribution in [1.82, 2.24) is 4.90 Å². The van der Waals surface area contributed by atoms with Gasteiger partial charge in [0.15, 0.2) is 6.04 Å². The van der Waals surface area contributed by atoms with Crippen LogP contribution >= 0.6 is 11.3 Å². The average Bonchev–Trinajstić information content (AvgIpc) is 2.86. The second-order valence-electron chi connectivity index (χ2n) is 4.66. The van der Waals surface area contributed by atoms with Gasteiger partial charge in [0.25, 0.3) is 0 Å². The zero-order chi connectivity index (χ0) is 14.0. The number of carbonyl (C=O) groups is 2. The molecule has 2 atom stereocenters. The number of carboxylic acid groups (broad SMARTS) is 1. The molecule has 2 heterocycles. The van der Waals surface area contributed by atoms with E-state index in [0.717, 1.165) is 16.9 Å². The molecule has 5 nitrogen and oxygen atoms in total. The number of hydrogen-bond acceptors (Lipinski definition) is 4. The number of carboxylic acids is 1. The fourth-order valence-corrected chi connectivity index (χ4v) is 3.40. The summed E-state index contributed by atoms with van der Waals surface area (Å²) in [4.78, 5) is 26.4. The minimum atomic E-state index is -0.973. The first kappa shape index (κ1) is 14.0. The smallest absolute Gasteiger partial charge is 0.331 e. The fraction of sp³-hybridized carbons (Fsp3) is 0.538. The van der Waals surface area contributed by atoms with E-state index < -0.39 is 12.0 Å². The van der Waals surface area contributed by atoms with E-state index in [-0.39, 0.29) is 18.4 Å². The van der Waals surface area contributed by atoms with E-state index >= 15 is 0 Å². The van der Waals surface area contributed by atoms with Crippen molar-refractivity contribution in [2.24, 2.45) is 11.7 Å². The lowest BCUT2D eigenvalue weighted by Gasteiger charge is -2.35. The first-order chi connectivity index (χ1) is 9.10. The third-order valence-corrected chi connectivity index (χ3v) is 4.61. The molecule has 0 aromatic carbocycles. The van der Waals surface area contributed by atoms with Crippen LogP contribution in [0.25, 0.3) is 0 Å². The predicted molar refractivity (Wildman–Crippen MR) is 72.9 cm³/mol. The van der Waals surface area contributed by atoms with E-state index in [1.807, 2.05) is 18.4 Å². The summed E-state index contributed by atoms with van der Waals surface area (Å²) in [5, 5.41) is 11.3. The maximum Gasteiger partial charge on any atom is 0.331 e. The lowest BCUT2D eigenvalue weighted by Crippen LogP contribution is -2.46. The van der Waals surface area contributed by atoms with Crippen LogP contribution in [0.4, 0.5) is 0 Å². The number of fused-ring (bicyclic) bond motifs is 1. The van der Waals surface area contributed by atoms with Gasteiger partial charge in [-0.2, -0.15) is 0 Å². The summed E-state index contributed by atoms with van der Waals surface area (Å²) in [6.07, 6.45) is 1.36. The average molecular weight is 282 g/mol. The minimum absolute atomic E-state index is 0.144. The summed E-state index contributed by atoms with van der Waals surface area (Å²) >= 11 is 1.55. The van der Waals surface area contributed by atoms with E-state index in [1.165, 1.54) is 4.90 Å². The van der Waals surface area contributed by atoms with Gasteiger partial charge in [-0.05, 0) is 29.9 Å². The quantitative estimate of drug-likeness (QED) is 0.870. The predicted octanol–water partition coefficient (Wildman–Crippen LogP) is 1.24. The number of thiophene rings is 1. The molecular formula is C13H18N2O3S. The molecule has 1 amide bonds. The number of aliphatic carboxylic acids is 1. The maximum atomic E-state index is 12.4. The monoisotopic (exact) mass is 282 g/mol. The molecular weight excluding hydrogens is 264 g/mol. The molecule has 1 aliphatic rings. The lowest BCUT2D eigenvalue weighted by molar-refractivity contribution is -0.153. The molecule has 104 valence electrons. The van der Waals surface area contributed by atoms with Crippen LogP contribution in [-0.4, -0.2) is 35.0 Å². The summed E-state index contributed by atoms with van der Waals surface area (Å²) in [6, 6.07) is 0.949. The van der Waals surface area contributed by atoms with Gasteiger partial charge in [0, 0.05) is 18.0 Å². The topological polar surface area (TPSA) is 83.6 Å². The Labute approximate surface area is 116 Å². The Kier molecular flexibility index (Phi) is 4.21. The minimum Gasteiger partial charge on any atom is -0.479 e. The van der Waals surface area contributed by atoms with Gasteiger partial charge in [-0.25, -0.2) is 4.79 Å². The van der Waals surface area contributed by atoms with Gasteiger partial charge in [-0.1, -0.05) is 6.92 Å². The molecule has 0 fully saturated rings. The van der Waals surface area contributed by atoms with Crippen molar-refractivity contribution in [2.75, 3.05) is 13.1 Å². The summed E-state index contributed by atoms with van der Waals surface area (Å²) in [7, 11) is 0. The van der Waals surface area contributed by atoms with E-state index in [9.17, 15) is 14.7 Å². The molecule has 0 bridgehead atoms. The number of nitrogens with two attached hydrogens (primary N) is 1. The van der Waals surface area contributed by atoms with Crippen molar-refractivity contribution in [3.05, 3.63) is 21.9 Å². The Morgan fingerprint density at radius 1 is 1.63 bits per heavy atom. The van der Waals surface area contributed by atoms with Crippen molar-refractivity contribution in [1.29, 1.82) is 0 Å². The number of rotatable bonds is 4. The summed E-state index contributed by atoms with van der Waals surface area (Å²) in [6.45, 7) is 2.61. The SMILES string of the molecule is CCC(CN)C(=O)N1CCc2sccc2C1C(=O)O. The highest BCUT2D eigenvalue weighted by Gasteiger charge is 2.38. The number of amides is 1. The van der Waals surface area contributed by atoms with Crippen LogP contribution in [0.2, 0.25) is 0 Å². The van der Waals surface area contributed by atoms with Crippen LogP contribution in [0.1, 0.15) is 29.8 Å². The van der Waals surface area contributed by atoms with Gasteiger partial charge >= 0.3 is 5.97 Å². The molecule has 2 unspecified atom stereocenters. The highest BCUT2D eigenvalue weighted by atomic mass is 32.1. The molecule has 0 radical (unpaired) electrons. The second-order valence-corrected chi connectivity index (χ2v) is 5.66. The molecule has 0 saturated heterocycles. The van der Waals surface area contributed by atoms with Crippen LogP contribution < -0.4 is 5.73 Å². The first-order valence-corrected chi connectivity index (χ1v) is 7.27. The van der Waals surface area contributed by atoms with Crippen LogP contribution in [0.15, 0.2) is 11.4 Å². The Hall–Kier alpha value is -1.40.